The lowest BCUT2D eigenvalue weighted by molar-refractivity contribution is -0.142. The third-order valence-electron chi connectivity index (χ3n) is 7.36. The normalized spacial score (nSPS) is 12.7. The maximum Gasteiger partial charge on any atom is 0.413 e. The number of imidazole rings is 1. The number of rotatable bonds is 15. The fourth-order valence-electron chi connectivity index (χ4n) is 4.87. The van der Waals surface area contributed by atoms with Crippen LogP contribution in [0.4, 0.5) is 16.3 Å². The summed E-state index contributed by atoms with van der Waals surface area (Å²) in [7, 11) is 0. The van der Waals surface area contributed by atoms with Gasteiger partial charge in [-0.3, -0.25) is 25.2 Å². The van der Waals surface area contributed by atoms with Gasteiger partial charge in [0.15, 0.2) is 0 Å². The summed E-state index contributed by atoms with van der Waals surface area (Å²) in [4.78, 5) is 48.3. The van der Waals surface area contributed by atoms with E-state index < -0.39 is 24.9 Å². The summed E-state index contributed by atoms with van der Waals surface area (Å²) in [5.74, 6) is -0.434. The van der Waals surface area contributed by atoms with Gasteiger partial charge in [-0.25, -0.2) is 14.8 Å². The zero-order valence-electron chi connectivity index (χ0n) is 29.9. The Hall–Kier alpha value is -5.26. The number of alkyl carbamates (subject to hydrolysis) is 1. The van der Waals surface area contributed by atoms with Crippen LogP contribution in [0.1, 0.15) is 78.7 Å². The molecule has 0 saturated carbocycles. The second-order valence-corrected chi connectivity index (χ2v) is 10.9. The summed E-state index contributed by atoms with van der Waals surface area (Å²) in [6.07, 6.45) is 4.43. The molecule has 0 radical (unpaired) electrons. The number of nitrogens with one attached hydrogen (secondary N) is 3. The SMILES string of the molecule is [2H]C([2H])([2H])n1c(CNc2ccc(C(=N)NC(=O)OC(C)CCCCC)cc2)nc2cc(C(=O)N(CCC(=O)OCC)c3ccccn3)ccc21. The number of nitrogens with zero attached hydrogens (tertiary/aromatic N) is 4. The van der Waals surface area contributed by atoms with Crippen LogP contribution in [0.2, 0.25) is 0 Å². The van der Waals surface area contributed by atoms with Crippen LogP contribution in [0.5, 0.6) is 0 Å². The van der Waals surface area contributed by atoms with Gasteiger partial charge in [0.25, 0.3) is 5.91 Å². The molecule has 0 fully saturated rings. The molecular weight excluding hydrogens is 598 g/mol. The van der Waals surface area contributed by atoms with Crippen molar-refractivity contribution in [2.75, 3.05) is 23.4 Å². The molecule has 2 heterocycles. The van der Waals surface area contributed by atoms with E-state index in [0.29, 0.717) is 28.1 Å². The Kier molecular flexibility index (Phi) is 10.9. The van der Waals surface area contributed by atoms with Gasteiger partial charge in [-0.1, -0.05) is 25.8 Å². The molecule has 12 heteroatoms. The van der Waals surface area contributed by atoms with Crippen LogP contribution in [-0.4, -0.2) is 57.6 Å². The minimum atomic E-state index is -2.57. The van der Waals surface area contributed by atoms with Crippen molar-refractivity contribution in [3.63, 3.8) is 0 Å². The first-order chi connectivity index (χ1) is 23.9. The number of ether oxygens (including phenoxy) is 2. The minimum Gasteiger partial charge on any atom is -0.466 e. The molecule has 4 aromatic rings. The van der Waals surface area contributed by atoms with Gasteiger partial charge >= 0.3 is 12.1 Å². The molecule has 2 amide bonds. The number of unbranched alkanes of at least 4 members (excludes halogenated alkanes) is 2. The van der Waals surface area contributed by atoms with Crippen molar-refractivity contribution in [2.24, 2.45) is 6.98 Å². The molecule has 1 unspecified atom stereocenters. The predicted octanol–water partition coefficient (Wildman–Crippen LogP) is 6.20. The quantitative estimate of drug-likeness (QED) is 0.0599. The average molecular weight is 645 g/mol. The molecule has 1 atom stereocenters. The fraction of sp³-hybridized carbons (Fsp3) is 0.371. The van der Waals surface area contributed by atoms with Crippen molar-refractivity contribution in [3.8, 4) is 0 Å². The molecule has 3 N–H and O–H groups in total. The van der Waals surface area contributed by atoms with E-state index in [4.69, 9.17) is 19.0 Å². The summed E-state index contributed by atoms with van der Waals surface area (Å²) in [5.41, 5.74) is 1.94. The Labute approximate surface area is 279 Å². The number of aryl methyl sites for hydroxylation is 1. The van der Waals surface area contributed by atoms with Crippen LogP contribution in [0.15, 0.2) is 66.9 Å². The van der Waals surface area contributed by atoms with Gasteiger partial charge in [0.05, 0.1) is 30.6 Å². The van der Waals surface area contributed by atoms with Crippen LogP contribution in [0.3, 0.4) is 0 Å². The molecule has 0 bridgehead atoms. The van der Waals surface area contributed by atoms with Gasteiger partial charge in [-0.05, 0) is 81.3 Å². The van der Waals surface area contributed by atoms with Crippen molar-refractivity contribution in [3.05, 3.63) is 83.8 Å². The zero-order chi connectivity index (χ0) is 36.3. The molecule has 12 nitrogen and oxygen atoms in total. The monoisotopic (exact) mass is 644 g/mol. The van der Waals surface area contributed by atoms with Crippen LogP contribution >= 0.6 is 0 Å². The summed E-state index contributed by atoms with van der Waals surface area (Å²) in [6.45, 7) is 3.36. The van der Waals surface area contributed by atoms with Crippen molar-refractivity contribution < 1.29 is 28.0 Å². The van der Waals surface area contributed by atoms with E-state index in [1.54, 1.807) is 55.6 Å². The minimum absolute atomic E-state index is 0.0301. The molecule has 47 heavy (non-hydrogen) atoms. The molecule has 0 spiro atoms. The van der Waals surface area contributed by atoms with Crippen molar-refractivity contribution in [2.45, 2.75) is 65.5 Å². The molecule has 0 saturated heterocycles. The fourth-order valence-corrected chi connectivity index (χ4v) is 4.87. The standard InChI is InChI=1S/C35H43N7O5/c1-5-7-8-11-24(3)47-35(45)40-33(36)25-13-16-27(17-14-25)38-23-31-39-28-22-26(15-18-29(28)41(31)4)34(44)42(21-19-32(43)46-6-2)30-12-9-10-20-37-30/h9-10,12-18,20,22,24,38H,5-8,11,19,21,23H2,1-4H3,(H2,36,40,45)/i4D3. The summed E-state index contributed by atoms with van der Waals surface area (Å²) >= 11 is 0. The predicted molar refractivity (Wildman–Crippen MR) is 182 cm³/mol. The van der Waals surface area contributed by atoms with Crippen LogP contribution < -0.4 is 15.5 Å². The largest absolute Gasteiger partial charge is 0.466 e. The van der Waals surface area contributed by atoms with Gasteiger partial charge in [0.2, 0.25) is 0 Å². The Morgan fingerprint density at radius 2 is 1.85 bits per heavy atom. The van der Waals surface area contributed by atoms with Crippen molar-refractivity contribution in [1.82, 2.24) is 19.9 Å². The Bertz CT molecular complexity index is 1780. The van der Waals surface area contributed by atoms with Crippen LogP contribution in [0, 0.1) is 5.41 Å². The lowest BCUT2D eigenvalue weighted by Crippen LogP contribution is -2.34. The highest BCUT2D eigenvalue weighted by Crippen LogP contribution is 2.21. The Morgan fingerprint density at radius 3 is 2.55 bits per heavy atom. The number of amides is 2. The van der Waals surface area contributed by atoms with Gasteiger partial charge in [-0.2, -0.15) is 0 Å². The van der Waals surface area contributed by atoms with Crippen molar-refractivity contribution in [1.29, 1.82) is 5.41 Å². The lowest BCUT2D eigenvalue weighted by atomic mass is 10.1. The van der Waals surface area contributed by atoms with E-state index in [1.807, 2.05) is 6.92 Å². The summed E-state index contributed by atoms with van der Waals surface area (Å²) in [6, 6.07) is 16.4. The number of hydrogen-bond acceptors (Lipinski definition) is 9. The molecule has 0 aliphatic rings. The third-order valence-corrected chi connectivity index (χ3v) is 7.36. The van der Waals surface area contributed by atoms with E-state index in [-0.39, 0.29) is 49.4 Å². The highest BCUT2D eigenvalue weighted by molar-refractivity contribution is 6.07. The topological polar surface area (TPSA) is 152 Å². The Balaban J connectivity index is 1.48. The zero-order valence-corrected chi connectivity index (χ0v) is 26.9. The number of esters is 1. The number of pyridine rings is 1. The van der Waals surface area contributed by atoms with E-state index in [2.05, 4.69) is 27.5 Å². The van der Waals surface area contributed by atoms with E-state index in [1.165, 1.54) is 23.1 Å². The number of carbonyl (C=O) groups is 3. The highest BCUT2D eigenvalue weighted by atomic mass is 16.6. The molecule has 0 aliphatic carbocycles. The van der Waals surface area contributed by atoms with E-state index >= 15 is 0 Å². The lowest BCUT2D eigenvalue weighted by Gasteiger charge is -2.21. The first kappa shape index (κ1) is 30.4. The first-order valence-electron chi connectivity index (χ1n) is 17.2. The number of fused-ring (bicyclic) bond motifs is 1. The number of aromatic nitrogens is 3. The van der Waals surface area contributed by atoms with Gasteiger partial charge in [0.1, 0.15) is 23.6 Å². The maximum atomic E-state index is 13.7. The molecular formula is C35H43N7O5. The molecule has 2 aromatic heterocycles. The molecule has 0 aliphatic heterocycles. The summed E-state index contributed by atoms with van der Waals surface area (Å²) < 4.78 is 36.1. The Morgan fingerprint density at radius 1 is 1.06 bits per heavy atom. The maximum absolute atomic E-state index is 13.7. The van der Waals surface area contributed by atoms with Crippen LogP contribution in [0.25, 0.3) is 11.0 Å². The van der Waals surface area contributed by atoms with Crippen LogP contribution in [-0.2, 0) is 27.8 Å². The summed E-state index contributed by atoms with van der Waals surface area (Å²) in [5, 5.41) is 13.9. The smallest absolute Gasteiger partial charge is 0.413 e. The van der Waals surface area contributed by atoms with Gasteiger partial charge < -0.3 is 19.4 Å². The molecule has 2 aromatic carbocycles. The first-order valence-corrected chi connectivity index (χ1v) is 15.7. The number of amidine groups is 1. The van der Waals surface area contributed by atoms with Crippen molar-refractivity contribution >= 4 is 46.3 Å². The highest BCUT2D eigenvalue weighted by Gasteiger charge is 2.21. The third kappa shape index (κ3) is 9.62. The van der Waals surface area contributed by atoms with E-state index in [9.17, 15) is 14.4 Å². The van der Waals surface area contributed by atoms with E-state index in [0.717, 1.165) is 30.3 Å². The van der Waals surface area contributed by atoms with Gasteiger partial charge in [-0.15, -0.1) is 0 Å². The number of hydrogen-bond donors (Lipinski definition) is 3. The molecule has 4 rings (SSSR count). The molecule has 248 valence electrons. The number of anilines is 2. The second kappa shape index (κ2) is 16.9. The van der Waals surface area contributed by atoms with Gasteiger partial charge in [0, 0.05) is 40.6 Å². The number of benzene rings is 2. The second-order valence-electron chi connectivity index (χ2n) is 10.9. The number of carbonyl (C=O) groups excluding carboxylic acids is 3. The average Bonchev–Trinajstić information content (AvgIpc) is 3.47.